The molecule has 1 aliphatic heterocycles. The van der Waals surface area contributed by atoms with Crippen molar-refractivity contribution in [3.8, 4) is 0 Å². The van der Waals surface area contributed by atoms with Crippen LogP contribution in [0.2, 0.25) is 0 Å². The number of ketones is 1. The maximum Gasteiger partial charge on any atom is 0.243 e. The molecule has 124 valence electrons. The predicted octanol–water partition coefficient (Wildman–Crippen LogP) is 2.20. The summed E-state index contributed by atoms with van der Waals surface area (Å²) in [5.41, 5.74) is 6.15. The van der Waals surface area contributed by atoms with Crippen molar-refractivity contribution in [3.63, 3.8) is 0 Å². The second-order valence-electron chi connectivity index (χ2n) is 5.31. The van der Waals surface area contributed by atoms with E-state index in [4.69, 9.17) is 5.73 Å². The topological polar surface area (TPSA) is 80.5 Å². The summed E-state index contributed by atoms with van der Waals surface area (Å²) in [4.78, 5) is 11.9. The van der Waals surface area contributed by atoms with E-state index in [0.717, 1.165) is 19.3 Å². The lowest BCUT2D eigenvalue weighted by Crippen LogP contribution is -2.47. The molecule has 2 N–H and O–H groups in total. The van der Waals surface area contributed by atoms with Gasteiger partial charge in [0.1, 0.15) is 0 Å². The zero-order valence-electron chi connectivity index (χ0n) is 12.7. The van der Waals surface area contributed by atoms with Crippen molar-refractivity contribution < 1.29 is 13.2 Å². The van der Waals surface area contributed by atoms with Crippen molar-refractivity contribution in [1.82, 2.24) is 4.31 Å². The van der Waals surface area contributed by atoms with Crippen LogP contribution in [0.15, 0.2) is 29.2 Å². The van der Waals surface area contributed by atoms with E-state index in [-0.39, 0.29) is 29.1 Å². The Morgan fingerprint density at radius 1 is 1.36 bits per heavy atom. The molecule has 1 heterocycles. The van der Waals surface area contributed by atoms with Gasteiger partial charge in [-0.1, -0.05) is 25.5 Å². The maximum atomic E-state index is 12.8. The number of nitrogens with two attached hydrogens (primary N) is 1. The molecule has 1 fully saturated rings. The van der Waals surface area contributed by atoms with Crippen molar-refractivity contribution >= 4 is 28.2 Å². The largest absolute Gasteiger partial charge is 0.329 e. The van der Waals surface area contributed by atoms with Crippen LogP contribution < -0.4 is 5.73 Å². The van der Waals surface area contributed by atoms with Crippen molar-refractivity contribution in [2.24, 2.45) is 5.73 Å². The highest BCUT2D eigenvalue weighted by molar-refractivity contribution is 7.89. The molecule has 1 unspecified atom stereocenters. The van der Waals surface area contributed by atoms with E-state index in [1.54, 1.807) is 25.1 Å². The van der Waals surface area contributed by atoms with Gasteiger partial charge in [0.05, 0.1) is 4.90 Å². The molecule has 0 spiro atoms. The summed E-state index contributed by atoms with van der Waals surface area (Å²) in [6.07, 6.45) is 3.01. The number of halogens is 1. The minimum absolute atomic E-state index is 0. The van der Waals surface area contributed by atoms with Crippen LogP contribution in [-0.2, 0) is 10.0 Å². The van der Waals surface area contributed by atoms with E-state index in [9.17, 15) is 13.2 Å². The Kier molecular flexibility index (Phi) is 6.99. The Morgan fingerprint density at radius 2 is 2.09 bits per heavy atom. The molecule has 7 heteroatoms. The summed E-state index contributed by atoms with van der Waals surface area (Å²) < 4.78 is 27.0. The normalized spacial score (nSPS) is 19.5. The Morgan fingerprint density at radius 3 is 2.73 bits per heavy atom. The third-order valence-corrected chi connectivity index (χ3v) is 5.88. The smallest absolute Gasteiger partial charge is 0.243 e. The second-order valence-corrected chi connectivity index (χ2v) is 7.20. The molecule has 2 rings (SSSR count). The molecular weight excluding hydrogens is 324 g/mol. The van der Waals surface area contributed by atoms with Gasteiger partial charge in [0, 0.05) is 31.1 Å². The van der Waals surface area contributed by atoms with Gasteiger partial charge in [-0.05, 0) is 25.0 Å². The molecule has 22 heavy (non-hydrogen) atoms. The van der Waals surface area contributed by atoms with Crippen LogP contribution in [0.25, 0.3) is 0 Å². The molecule has 1 aromatic rings. The molecular formula is C15H23ClN2O3S. The Hall–Kier alpha value is -0.950. The lowest BCUT2D eigenvalue weighted by molar-refractivity contribution is 0.0988. The molecule has 0 aromatic heterocycles. The minimum atomic E-state index is -3.59. The number of hydrogen-bond acceptors (Lipinski definition) is 4. The van der Waals surface area contributed by atoms with Gasteiger partial charge in [-0.2, -0.15) is 4.31 Å². The quantitative estimate of drug-likeness (QED) is 0.829. The highest BCUT2D eigenvalue weighted by atomic mass is 35.5. The Labute approximate surface area is 138 Å². The van der Waals surface area contributed by atoms with Crippen molar-refractivity contribution in [2.75, 3.05) is 13.1 Å². The first-order valence-electron chi connectivity index (χ1n) is 7.36. The van der Waals surface area contributed by atoms with Gasteiger partial charge in [-0.25, -0.2) is 8.42 Å². The number of piperidine rings is 1. The van der Waals surface area contributed by atoms with Gasteiger partial charge in [0.2, 0.25) is 10.0 Å². The van der Waals surface area contributed by atoms with E-state index in [1.165, 1.54) is 10.4 Å². The van der Waals surface area contributed by atoms with Crippen LogP contribution in [0.1, 0.15) is 43.0 Å². The Balaban J connectivity index is 0.00000242. The molecule has 0 radical (unpaired) electrons. The molecule has 0 saturated carbocycles. The summed E-state index contributed by atoms with van der Waals surface area (Å²) in [7, 11) is -3.59. The number of carbonyl (C=O) groups excluding carboxylic acids is 1. The number of nitrogens with zero attached hydrogens (tertiary/aromatic N) is 1. The van der Waals surface area contributed by atoms with Crippen LogP contribution in [-0.4, -0.2) is 37.6 Å². The number of hydrogen-bond donors (Lipinski definition) is 1. The standard InChI is InChI=1S/C15H22N2O3S.ClH/c1-2-15(18)12-6-5-8-14(10-12)21(19,20)17-9-4-3-7-13(17)11-16;/h5-6,8,10,13H,2-4,7,9,11,16H2,1H3;1H. The fourth-order valence-corrected chi connectivity index (χ4v) is 4.45. The highest BCUT2D eigenvalue weighted by Crippen LogP contribution is 2.25. The number of sulfonamides is 1. The summed E-state index contributed by atoms with van der Waals surface area (Å²) in [6, 6.07) is 6.15. The average molecular weight is 347 g/mol. The number of carbonyl (C=O) groups is 1. The first kappa shape index (κ1) is 19.1. The second kappa shape index (κ2) is 8.06. The monoisotopic (exact) mass is 346 g/mol. The third-order valence-electron chi connectivity index (χ3n) is 3.93. The molecule has 0 amide bonds. The lowest BCUT2D eigenvalue weighted by Gasteiger charge is -2.33. The van der Waals surface area contributed by atoms with Crippen LogP contribution in [0.5, 0.6) is 0 Å². The first-order chi connectivity index (χ1) is 10.0. The van der Waals surface area contributed by atoms with Crippen LogP contribution in [0.4, 0.5) is 0 Å². The van der Waals surface area contributed by atoms with Gasteiger partial charge in [0.15, 0.2) is 5.78 Å². The van der Waals surface area contributed by atoms with E-state index in [0.29, 0.717) is 25.1 Å². The summed E-state index contributed by atoms with van der Waals surface area (Å²) in [6.45, 7) is 2.58. The van der Waals surface area contributed by atoms with Gasteiger partial charge in [-0.3, -0.25) is 4.79 Å². The third kappa shape index (κ3) is 3.87. The molecule has 1 saturated heterocycles. The molecule has 1 aromatic carbocycles. The molecule has 0 bridgehead atoms. The van der Waals surface area contributed by atoms with E-state index >= 15 is 0 Å². The Bertz CT molecular complexity index is 619. The number of benzene rings is 1. The van der Waals surface area contributed by atoms with Gasteiger partial charge in [0.25, 0.3) is 0 Å². The highest BCUT2D eigenvalue weighted by Gasteiger charge is 2.32. The van der Waals surface area contributed by atoms with Crippen molar-refractivity contribution in [2.45, 2.75) is 43.5 Å². The van der Waals surface area contributed by atoms with Gasteiger partial charge >= 0.3 is 0 Å². The maximum absolute atomic E-state index is 12.8. The minimum Gasteiger partial charge on any atom is -0.329 e. The summed E-state index contributed by atoms with van der Waals surface area (Å²) in [5, 5.41) is 0. The predicted molar refractivity (Wildman–Crippen MR) is 88.9 cm³/mol. The first-order valence-corrected chi connectivity index (χ1v) is 8.80. The van der Waals surface area contributed by atoms with E-state index < -0.39 is 10.0 Å². The zero-order valence-corrected chi connectivity index (χ0v) is 14.3. The fourth-order valence-electron chi connectivity index (χ4n) is 2.70. The summed E-state index contributed by atoms with van der Waals surface area (Å²) in [5.74, 6) is -0.0546. The van der Waals surface area contributed by atoms with E-state index in [2.05, 4.69) is 0 Å². The number of rotatable bonds is 5. The number of Topliss-reactive ketones (excluding diaryl/α,β-unsaturated/α-hetero) is 1. The molecule has 5 nitrogen and oxygen atoms in total. The van der Waals surface area contributed by atoms with Gasteiger partial charge < -0.3 is 5.73 Å². The van der Waals surface area contributed by atoms with Crippen LogP contribution >= 0.6 is 12.4 Å². The van der Waals surface area contributed by atoms with Crippen LogP contribution in [0, 0.1) is 0 Å². The zero-order chi connectivity index (χ0) is 15.5. The van der Waals surface area contributed by atoms with Crippen LogP contribution in [0.3, 0.4) is 0 Å². The summed E-state index contributed by atoms with van der Waals surface area (Å²) >= 11 is 0. The average Bonchev–Trinajstić information content (AvgIpc) is 2.54. The molecule has 0 aliphatic carbocycles. The lowest BCUT2D eigenvalue weighted by atomic mass is 10.1. The fraction of sp³-hybridized carbons (Fsp3) is 0.533. The molecule has 1 atom stereocenters. The molecule has 1 aliphatic rings. The van der Waals surface area contributed by atoms with Gasteiger partial charge in [-0.15, -0.1) is 12.4 Å². The van der Waals surface area contributed by atoms with Crippen molar-refractivity contribution in [3.05, 3.63) is 29.8 Å². The van der Waals surface area contributed by atoms with E-state index in [1.807, 2.05) is 0 Å². The SMILES string of the molecule is CCC(=O)c1cccc(S(=O)(=O)N2CCCCC2CN)c1.Cl. The van der Waals surface area contributed by atoms with Crippen molar-refractivity contribution in [1.29, 1.82) is 0 Å².